The van der Waals surface area contributed by atoms with E-state index < -0.39 is 0 Å². The molecule has 0 spiro atoms. The normalized spacial score (nSPS) is 10.4. The second kappa shape index (κ2) is 11.1. The number of halogens is 1. The number of benzene rings is 1. The van der Waals surface area contributed by atoms with Crippen molar-refractivity contribution in [2.75, 3.05) is 17.6 Å². The molecule has 0 saturated carbocycles. The average molecular weight is 485 g/mol. The number of nitrogens with zero attached hydrogens (tertiary/aromatic N) is 3. The predicted octanol–water partition coefficient (Wildman–Crippen LogP) is 5.37. The number of thiophene rings is 1. The maximum absolute atomic E-state index is 12.7. The number of amides is 2. The summed E-state index contributed by atoms with van der Waals surface area (Å²) in [5.74, 6) is -0.253. The van der Waals surface area contributed by atoms with Crippen molar-refractivity contribution in [3.8, 4) is 6.07 Å². The van der Waals surface area contributed by atoms with E-state index in [2.05, 4.69) is 16.4 Å². The standard InChI is InChI=1S/C23H21ClN4O2S2/c1-3-28(13-18-9-10-20(24)32-18)21(29)14-31-23-16(12-25)11-19(15(2)26-23)22(30)27-17-7-5-4-6-8-17/h4-11H,3,13-14H2,1-2H3,(H,27,30). The molecule has 0 atom stereocenters. The third kappa shape index (κ3) is 6.10. The molecule has 0 bridgehead atoms. The van der Waals surface area contributed by atoms with Crippen molar-refractivity contribution >= 4 is 52.2 Å². The number of rotatable bonds is 8. The van der Waals surface area contributed by atoms with E-state index in [4.69, 9.17) is 11.6 Å². The third-order valence-electron chi connectivity index (χ3n) is 4.62. The lowest BCUT2D eigenvalue weighted by molar-refractivity contribution is -0.128. The van der Waals surface area contributed by atoms with Gasteiger partial charge in [0.15, 0.2) is 0 Å². The quantitative estimate of drug-likeness (QED) is 0.434. The number of hydrogen-bond acceptors (Lipinski definition) is 6. The van der Waals surface area contributed by atoms with Crippen LogP contribution in [0.5, 0.6) is 0 Å². The van der Waals surface area contributed by atoms with Gasteiger partial charge in [0, 0.05) is 17.1 Å². The van der Waals surface area contributed by atoms with E-state index >= 15 is 0 Å². The zero-order chi connectivity index (χ0) is 23.1. The fourth-order valence-electron chi connectivity index (χ4n) is 2.95. The predicted molar refractivity (Wildman–Crippen MR) is 129 cm³/mol. The van der Waals surface area contributed by atoms with Crippen LogP contribution in [-0.2, 0) is 11.3 Å². The fourth-order valence-corrected chi connectivity index (χ4v) is 4.95. The van der Waals surface area contributed by atoms with E-state index in [1.165, 1.54) is 29.2 Å². The first-order valence-electron chi connectivity index (χ1n) is 9.84. The number of nitrogens with one attached hydrogen (secondary N) is 1. The summed E-state index contributed by atoms with van der Waals surface area (Å²) in [7, 11) is 0. The van der Waals surface area contributed by atoms with Gasteiger partial charge in [-0.05, 0) is 44.2 Å². The van der Waals surface area contributed by atoms with Gasteiger partial charge >= 0.3 is 0 Å². The Hall–Kier alpha value is -2.86. The number of carbonyl (C=O) groups excluding carboxylic acids is 2. The number of pyridine rings is 1. The zero-order valence-electron chi connectivity index (χ0n) is 17.6. The van der Waals surface area contributed by atoms with Gasteiger partial charge in [-0.2, -0.15) is 5.26 Å². The Morgan fingerprint density at radius 2 is 2.00 bits per heavy atom. The first-order chi connectivity index (χ1) is 15.4. The highest BCUT2D eigenvalue weighted by atomic mass is 35.5. The number of aryl methyl sites for hydroxylation is 1. The molecule has 164 valence electrons. The molecule has 6 nitrogen and oxygen atoms in total. The number of anilines is 1. The van der Waals surface area contributed by atoms with Gasteiger partial charge in [0.1, 0.15) is 11.1 Å². The number of para-hydroxylation sites is 1. The van der Waals surface area contributed by atoms with Gasteiger partial charge in [-0.15, -0.1) is 11.3 Å². The summed E-state index contributed by atoms with van der Waals surface area (Å²) in [6.07, 6.45) is 0. The first kappa shape index (κ1) is 23.8. The smallest absolute Gasteiger partial charge is 0.257 e. The molecule has 2 amide bonds. The summed E-state index contributed by atoms with van der Waals surface area (Å²) in [5.41, 5.74) is 1.74. The molecule has 32 heavy (non-hydrogen) atoms. The van der Waals surface area contributed by atoms with E-state index in [9.17, 15) is 14.9 Å². The lowest BCUT2D eigenvalue weighted by Crippen LogP contribution is -2.31. The Kier molecular flexibility index (Phi) is 8.28. The summed E-state index contributed by atoms with van der Waals surface area (Å²) in [6, 6.07) is 16.4. The highest BCUT2D eigenvalue weighted by molar-refractivity contribution is 8.00. The molecule has 1 aromatic carbocycles. The van der Waals surface area contributed by atoms with Crippen molar-refractivity contribution in [2.24, 2.45) is 0 Å². The zero-order valence-corrected chi connectivity index (χ0v) is 20.0. The molecule has 1 N–H and O–H groups in total. The van der Waals surface area contributed by atoms with E-state index in [1.807, 2.05) is 37.3 Å². The van der Waals surface area contributed by atoms with Gasteiger partial charge in [0.25, 0.3) is 5.91 Å². The molecule has 3 rings (SSSR count). The third-order valence-corrected chi connectivity index (χ3v) is 6.81. The second-order valence-corrected chi connectivity index (χ2v) is 9.57. The molecular weight excluding hydrogens is 464 g/mol. The van der Waals surface area contributed by atoms with Crippen molar-refractivity contribution in [3.05, 3.63) is 74.6 Å². The van der Waals surface area contributed by atoms with E-state index in [0.717, 1.165) is 4.88 Å². The van der Waals surface area contributed by atoms with Crippen LogP contribution >= 0.6 is 34.7 Å². The van der Waals surface area contributed by atoms with E-state index in [-0.39, 0.29) is 23.1 Å². The summed E-state index contributed by atoms with van der Waals surface area (Å²) in [4.78, 5) is 32.6. The van der Waals surface area contributed by atoms with Gasteiger partial charge in [-0.3, -0.25) is 9.59 Å². The average Bonchev–Trinajstić information content (AvgIpc) is 3.21. The van der Waals surface area contributed by atoms with Crippen LogP contribution in [0.3, 0.4) is 0 Å². The molecule has 0 aliphatic rings. The number of thioether (sulfide) groups is 1. The number of carbonyl (C=O) groups is 2. The molecule has 0 unspecified atom stereocenters. The monoisotopic (exact) mass is 484 g/mol. The van der Waals surface area contributed by atoms with Crippen LogP contribution in [0.4, 0.5) is 5.69 Å². The minimum atomic E-state index is -0.336. The van der Waals surface area contributed by atoms with Crippen LogP contribution in [0.2, 0.25) is 4.34 Å². The topological polar surface area (TPSA) is 86.1 Å². The Balaban J connectivity index is 1.69. The Morgan fingerprint density at radius 3 is 2.62 bits per heavy atom. The minimum Gasteiger partial charge on any atom is -0.337 e. The van der Waals surface area contributed by atoms with Crippen LogP contribution in [0, 0.1) is 18.3 Å². The van der Waals surface area contributed by atoms with Gasteiger partial charge in [-0.25, -0.2) is 4.98 Å². The molecule has 3 aromatic rings. The molecule has 0 radical (unpaired) electrons. The maximum atomic E-state index is 12.7. The Labute approximate surface area is 200 Å². The minimum absolute atomic E-state index is 0.0590. The van der Waals surface area contributed by atoms with Crippen LogP contribution < -0.4 is 5.32 Å². The van der Waals surface area contributed by atoms with Gasteiger partial charge < -0.3 is 10.2 Å². The molecule has 0 saturated heterocycles. The summed E-state index contributed by atoms with van der Waals surface area (Å²) >= 11 is 8.63. The van der Waals surface area contributed by atoms with Crippen LogP contribution in [0.1, 0.15) is 33.4 Å². The van der Waals surface area contributed by atoms with Gasteiger partial charge in [0.2, 0.25) is 5.91 Å². The molecule has 2 aromatic heterocycles. The largest absolute Gasteiger partial charge is 0.337 e. The first-order valence-corrected chi connectivity index (χ1v) is 12.0. The van der Waals surface area contributed by atoms with Crippen LogP contribution in [0.25, 0.3) is 0 Å². The molecule has 9 heteroatoms. The lowest BCUT2D eigenvalue weighted by atomic mass is 10.1. The number of nitriles is 1. The molecule has 0 aliphatic heterocycles. The summed E-state index contributed by atoms with van der Waals surface area (Å²) < 4.78 is 0.688. The van der Waals surface area contributed by atoms with Crippen LogP contribution in [0.15, 0.2) is 53.6 Å². The van der Waals surface area contributed by atoms with Crippen molar-refractivity contribution in [1.82, 2.24) is 9.88 Å². The lowest BCUT2D eigenvalue weighted by Gasteiger charge is -2.20. The van der Waals surface area contributed by atoms with Gasteiger partial charge in [0.05, 0.1) is 33.5 Å². The summed E-state index contributed by atoms with van der Waals surface area (Å²) in [5, 5.41) is 12.8. The van der Waals surface area contributed by atoms with Crippen molar-refractivity contribution in [1.29, 1.82) is 5.26 Å². The SMILES string of the molecule is CCN(Cc1ccc(Cl)s1)C(=O)CSc1nc(C)c(C(=O)Nc2ccccc2)cc1C#N. The van der Waals surface area contributed by atoms with Crippen molar-refractivity contribution < 1.29 is 9.59 Å². The molecular formula is C23H21ClN4O2S2. The van der Waals surface area contributed by atoms with Crippen molar-refractivity contribution in [3.63, 3.8) is 0 Å². The van der Waals surface area contributed by atoms with E-state index in [0.29, 0.717) is 39.4 Å². The number of hydrogen-bond donors (Lipinski definition) is 1. The van der Waals surface area contributed by atoms with Crippen LogP contribution in [-0.4, -0.2) is 34.0 Å². The fraction of sp³-hybridized carbons (Fsp3) is 0.217. The van der Waals surface area contributed by atoms with Crippen molar-refractivity contribution in [2.45, 2.75) is 25.4 Å². The molecule has 0 fully saturated rings. The number of aromatic nitrogens is 1. The second-order valence-electron chi connectivity index (χ2n) is 6.81. The van der Waals surface area contributed by atoms with E-state index in [1.54, 1.807) is 24.0 Å². The van der Waals surface area contributed by atoms with Gasteiger partial charge in [-0.1, -0.05) is 41.6 Å². The highest BCUT2D eigenvalue weighted by Crippen LogP contribution is 2.26. The Morgan fingerprint density at radius 1 is 1.25 bits per heavy atom. The maximum Gasteiger partial charge on any atom is 0.257 e. The Bertz CT molecular complexity index is 1160. The summed E-state index contributed by atoms with van der Waals surface area (Å²) in [6.45, 7) is 4.68. The highest BCUT2D eigenvalue weighted by Gasteiger charge is 2.19. The molecule has 0 aliphatic carbocycles. The molecule has 2 heterocycles.